The number of primary amides is 1. The second kappa shape index (κ2) is 11.9. The van der Waals surface area contributed by atoms with Crippen molar-refractivity contribution in [1.29, 1.82) is 0 Å². The van der Waals surface area contributed by atoms with Crippen molar-refractivity contribution in [3.63, 3.8) is 0 Å². The Kier molecular flexibility index (Phi) is 8.23. The van der Waals surface area contributed by atoms with Crippen molar-refractivity contribution in [3.8, 4) is 5.75 Å². The van der Waals surface area contributed by atoms with E-state index in [4.69, 9.17) is 31.6 Å². The molecule has 1 fully saturated rings. The van der Waals surface area contributed by atoms with Gasteiger partial charge in [0.25, 0.3) is 0 Å². The third-order valence-electron chi connectivity index (χ3n) is 6.88. The van der Waals surface area contributed by atoms with Crippen molar-refractivity contribution in [2.75, 3.05) is 19.6 Å². The Morgan fingerprint density at radius 1 is 1.14 bits per heavy atom. The molecular formula is C30H31ClN6O6. The molecule has 1 saturated heterocycles. The fourth-order valence-corrected chi connectivity index (χ4v) is 5.19. The van der Waals surface area contributed by atoms with Crippen LogP contribution in [0.1, 0.15) is 66.3 Å². The summed E-state index contributed by atoms with van der Waals surface area (Å²) < 4.78 is 11.5. The van der Waals surface area contributed by atoms with Gasteiger partial charge in [0.2, 0.25) is 11.8 Å². The highest BCUT2D eigenvalue weighted by atomic mass is 35.5. The lowest BCUT2D eigenvalue weighted by Gasteiger charge is -2.36. The molecule has 3 N–H and O–H groups in total. The predicted molar refractivity (Wildman–Crippen MR) is 157 cm³/mol. The van der Waals surface area contributed by atoms with Crippen LogP contribution in [0.5, 0.6) is 5.75 Å². The van der Waals surface area contributed by atoms with Gasteiger partial charge in [-0.3, -0.25) is 24.3 Å². The van der Waals surface area contributed by atoms with Gasteiger partial charge >= 0.3 is 6.03 Å². The van der Waals surface area contributed by atoms with E-state index < -0.39 is 41.8 Å². The number of ketones is 1. The summed E-state index contributed by atoms with van der Waals surface area (Å²) in [7, 11) is 0. The number of hydrogen-bond donors (Lipinski definition) is 2. The molecule has 3 heterocycles. The number of Topliss-reactive ketones (excluding diaryl/α,β-unsaturated/α-hetero) is 1. The first kappa shape index (κ1) is 29.8. The summed E-state index contributed by atoms with van der Waals surface area (Å²) in [6.07, 6.45) is 2.54. The van der Waals surface area contributed by atoms with Crippen LogP contribution in [0.25, 0.3) is 0 Å². The SMILES string of the molecule is CC(C)(C)Oc1cc(C(=O)CC(N)=O)ccc1C1=N[C@@H](c2cnoc2)[C@@H](c2ccc(Cl)cc2)N1C(=O)N1CCNC(=O)C1. The molecule has 2 atom stereocenters. The number of urea groups is 1. The molecule has 1 aromatic heterocycles. The van der Waals surface area contributed by atoms with Crippen LogP contribution in [-0.2, 0) is 9.59 Å². The van der Waals surface area contributed by atoms with Gasteiger partial charge in [-0.25, -0.2) is 4.79 Å². The molecule has 224 valence electrons. The van der Waals surface area contributed by atoms with E-state index in [-0.39, 0.29) is 29.6 Å². The molecule has 43 heavy (non-hydrogen) atoms. The number of aliphatic imine (C=N–C) groups is 1. The average molecular weight is 607 g/mol. The Labute approximate surface area is 252 Å². The summed E-state index contributed by atoms with van der Waals surface area (Å²) in [6.45, 7) is 6.01. The molecule has 3 aromatic rings. The molecule has 2 aliphatic rings. The largest absolute Gasteiger partial charge is 0.487 e. The second-order valence-corrected chi connectivity index (χ2v) is 11.7. The van der Waals surface area contributed by atoms with Crippen LogP contribution in [0.4, 0.5) is 4.79 Å². The van der Waals surface area contributed by atoms with E-state index in [1.807, 2.05) is 32.9 Å². The molecule has 12 nitrogen and oxygen atoms in total. The van der Waals surface area contributed by atoms with Crippen LogP contribution in [0.3, 0.4) is 0 Å². The van der Waals surface area contributed by atoms with E-state index >= 15 is 0 Å². The Hall–Kier alpha value is -4.71. The number of ether oxygens (including phenoxy) is 1. The first-order valence-corrected chi connectivity index (χ1v) is 14.0. The van der Waals surface area contributed by atoms with Gasteiger partial charge in [-0.1, -0.05) is 35.0 Å². The molecule has 0 bridgehead atoms. The van der Waals surface area contributed by atoms with Gasteiger partial charge in [-0.15, -0.1) is 0 Å². The molecule has 2 aromatic carbocycles. The number of amides is 4. The monoisotopic (exact) mass is 606 g/mol. The van der Waals surface area contributed by atoms with Crippen molar-refractivity contribution >= 4 is 41.1 Å². The highest BCUT2D eigenvalue weighted by molar-refractivity contribution is 6.30. The third-order valence-corrected chi connectivity index (χ3v) is 7.13. The fourth-order valence-electron chi connectivity index (χ4n) is 5.06. The van der Waals surface area contributed by atoms with Crippen LogP contribution in [0.15, 0.2) is 64.4 Å². The molecule has 5 rings (SSSR count). The van der Waals surface area contributed by atoms with Gasteiger partial charge in [0.05, 0.1) is 24.2 Å². The highest BCUT2D eigenvalue weighted by Crippen LogP contribution is 2.45. The lowest BCUT2D eigenvalue weighted by atomic mass is 9.95. The normalized spacial score (nSPS) is 18.7. The number of hydrogen-bond acceptors (Lipinski definition) is 8. The standard InChI is InChI=1S/C30H31ClN6O6/c1-30(2,3)43-23-12-18(22(38)13-24(32)39)6-9-21(23)28-35-26(19-14-34-42-16-19)27(17-4-7-20(31)8-5-17)37(28)29(41)36-11-10-33-25(40)15-36/h4-9,12,14,16,26-27H,10-11,13,15H2,1-3H3,(H2,32,39)(H,33,40)/t26-,27+/m0/s1. The maximum Gasteiger partial charge on any atom is 0.326 e. The Balaban J connectivity index is 1.69. The fraction of sp³-hybridized carbons (Fsp3) is 0.333. The molecule has 4 amide bonds. The van der Waals surface area contributed by atoms with E-state index in [0.29, 0.717) is 29.2 Å². The van der Waals surface area contributed by atoms with Gasteiger partial charge < -0.3 is 25.2 Å². The maximum atomic E-state index is 14.4. The minimum absolute atomic E-state index is 0.125. The van der Waals surface area contributed by atoms with Crippen LogP contribution < -0.4 is 15.8 Å². The molecule has 0 radical (unpaired) electrons. The Morgan fingerprint density at radius 3 is 2.51 bits per heavy atom. The molecule has 0 spiro atoms. The van der Waals surface area contributed by atoms with Crippen LogP contribution >= 0.6 is 11.6 Å². The van der Waals surface area contributed by atoms with E-state index in [1.54, 1.807) is 24.3 Å². The zero-order chi connectivity index (χ0) is 30.9. The number of benzene rings is 2. The number of carbonyl (C=O) groups excluding carboxylic acids is 4. The zero-order valence-corrected chi connectivity index (χ0v) is 24.6. The first-order valence-electron chi connectivity index (χ1n) is 13.6. The molecule has 0 saturated carbocycles. The van der Waals surface area contributed by atoms with Crippen molar-refractivity contribution in [1.82, 2.24) is 20.3 Å². The number of aromatic nitrogens is 1. The van der Waals surface area contributed by atoms with Gasteiger partial charge in [0, 0.05) is 29.2 Å². The Morgan fingerprint density at radius 2 is 1.88 bits per heavy atom. The number of nitrogens with two attached hydrogens (primary N) is 1. The third kappa shape index (κ3) is 6.54. The Bertz CT molecular complexity index is 1580. The van der Waals surface area contributed by atoms with Gasteiger partial charge in [-0.2, -0.15) is 0 Å². The molecular weight excluding hydrogens is 576 g/mol. The lowest BCUT2D eigenvalue weighted by Crippen LogP contribution is -2.55. The molecule has 2 aliphatic heterocycles. The van der Waals surface area contributed by atoms with Crippen LogP contribution in [0, 0.1) is 0 Å². The zero-order valence-electron chi connectivity index (χ0n) is 23.9. The van der Waals surface area contributed by atoms with Gasteiger partial charge in [0.15, 0.2) is 5.78 Å². The number of nitrogens with zero attached hydrogens (tertiary/aromatic N) is 4. The van der Waals surface area contributed by atoms with Gasteiger partial charge in [-0.05, 0) is 50.6 Å². The quantitative estimate of drug-likeness (QED) is 0.306. The van der Waals surface area contributed by atoms with Crippen LogP contribution in [-0.4, -0.2) is 69.7 Å². The summed E-state index contributed by atoms with van der Waals surface area (Å²) in [5.41, 5.74) is 6.56. The molecule has 0 unspecified atom stereocenters. The van der Waals surface area contributed by atoms with E-state index in [1.165, 1.54) is 28.3 Å². The molecule has 0 aliphatic carbocycles. The van der Waals surface area contributed by atoms with Crippen molar-refractivity contribution in [2.24, 2.45) is 10.7 Å². The topological polar surface area (TPSA) is 160 Å². The maximum absolute atomic E-state index is 14.4. The van der Waals surface area contributed by atoms with Crippen LogP contribution in [0.2, 0.25) is 5.02 Å². The molecule has 13 heteroatoms. The first-order chi connectivity index (χ1) is 20.4. The second-order valence-electron chi connectivity index (χ2n) is 11.3. The lowest BCUT2D eigenvalue weighted by molar-refractivity contribution is -0.123. The predicted octanol–water partition coefficient (Wildman–Crippen LogP) is 3.66. The number of piperazine rings is 1. The van der Waals surface area contributed by atoms with Gasteiger partial charge in [0.1, 0.15) is 36.0 Å². The minimum atomic E-state index is -0.753. The summed E-state index contributed by atoms with van der Waals surface area (Å²) >= 11 is 6.21. The van der Waals surface area contributed by atoms with Crippen molar-refractivity contribution < 1.29 is 28.4 Å². The van der Waals surface area contributed by atoms with E-state index in [0.717, 1.165) is 5.56 Å². The minimum Gasteiger partial charge on any atom is -0.487 e. The number of amidine groups is 1. The number of halogens is 1. The smallest absolute Gasteiger partial charge is 0.326 e. The number of carbonyl (C=O) groups is 4. The number of nitrogens with one attached hydrogen (secondary N) is 1. The van der Waals surface area contributed by atoms with E-state index in [2.05, 4.69) is 10.5 Å². The van der Waals surface area contributed by atoms with E-state index in [9.17, 15) is 19.2 Å². The number of rotatable bonds is 7. The summed E-state index contributed by atoms with van der Waals surface area (Å²) in [5, 5.41) is 7.13. The average Bonchev–Trinajstić information content (AvgIpc) is 3.60. The highest BCUT2D eigenvalue weighted by Gasteiger charge is 2.45. The van der Waals surface area contributed by atoms with Crippen molar-refractivity contribution in [3.05, 3.63) is 82.2 Å². The summed E-state index contributed by atoms with van der Waals surface area (Å²) in [5.74, 6) is -0.964. The van der Waals surface area contributed by atoms with Crippen molar-refractivity contribution in [2.45, 2.75) is 44.9 Å². The summed E-state index contributed by atoms with van der Waals surface area (Å²) in [4.78, 5) is 58.9. The summed E-state index contributed by atoms with van der Waals surface area (Å²) in [6, 6.07) is 10.0.